The third kappa shape index (κ3) is 7.33. The minimum atomic E-state index is -0.250. The van der Waals surface area contributed by atoms with Gasteiger partial charge in [-0.25, -0.2) is 0 Å². The van der Waals surface area contributed by atoms with Gasteiger partial charge >= 0.3 is 0 Å². The van der Waals surface area contributed by atoms with E-state index in [0.29, 0.717) is 0 Å². The molecule has 0 rings (SSSR count). The Labute approximate surface area is 69.2 Å². The second-order valence-electron chi connectivity index (χ2n) is 2.67. The summed E-state index contributed by atoms with van der Waals surface area (Å²) in [5.41, 5.74) is 0. The van der Waals surface area contributed by atoms with Crippen molar-refractivity contribution >= 4 is 6.47 Å². The highest BCUT2D eigenvalue weighted by atomic mass is 16.3. The van der Waals surface area contributed by atoms with Gasteiger partial charge in [-0.05, 0) is 20.8 Å². The molecule has 0 amide bonds. The number of carboxylic acid groups (broad SMARTS) is 1. The normalized spacial score (nSPS) is 9.82. The summed E-state index contributed by atoms with van der Waals surface area (Å²) >= 11 is 0. The van der Waals surface area contributed by atoms with Gasteiger partial charge in [0.05, 0.1) is 26.7 Å². The molecule has 3 nitrogen and oxygen atoms in total. The van der Waals surface area contributed by atoms with Gasteiger partial charge in [-0.1, -0.05) is 0 Å². The topological polar surface area (TPSA) is 37.3 Å². The zero-order valence-electron chi connectivity index (χ0n) is 8.00. The van der Waals surface area contributed by atoms with Crippen molar-refractivity contribution in [2.24, 2.45) is 0 Å². The third-order valence-electron chi connectivity index (χ3n) is 2.29. The van der Waals surface area contributed by atoms with Crippen molar-refractivity contribution in [3.63, 3.8) is 0 Å². The summed E-state index contributed by atoms with van der Waals surface area (Å²) in [6, 6.07) is 0. The lowest BCUT2D eigenvalue weighted by Gasteiger charge is -2.30. The summed E-state index contributed by atoms with van der Waals surface area (Å²) in [5.74, 6) is 0. The van der Waals surface area contributed by atoms with E-state index in [-0.39, 0.29) is 6.47 Å². The first-order chi connectivity index (χ1) is 5.10. The second kappa shape index (κ2) is 7.54. The summed E-state index contributed by atoms with van der Waals surface area (Å²) in [4.78, 5) is 8.36. The molecule has 0 aliphatic rings. The number of hydrogen-bond acceptors (Lipinski definition) is 1. The maximum absolute atomic E-state index is 8.36. The van der Waals surface area contributed by atoms with Crippen molar-refractivity contribution < 1.29 is 14.4 Å². The molecular weight excluding hydrogens is 142 g/mol. The number of quaternary nitrogens is 1. The fourth-order valence-corrected chi connectivity index (χ4v) is 0.671. The van der Waals surface area contributed by atoms with Crippen LogP contribution in [0.15, 0.2) is 0 Å². The van der Waals surface area contributed by atoms with Crippen LogP contribution in [0.4, 0.5) is 0 Å². The number of carbonyl (C=O) groups is 1. The molecule has 0 radical (unpaired) electrons. The first kappa shape index (κ1) is 13.1. The molecule has 0 aromatic rings. The van der Waals surface area contributed by atoms with Gasteiger partial charge in [-0.2, -0.15) is 0 Å². The zero-order chi connectivity index (χ0) is 9.33. The Bertz CT molecular complexity index is 81.8. The van der Waals surface area contributed by atoms with E-state index in [1.807, 2.05) is 0 Å². The molecule has 0 aromatic heterocycles. The largest absolute Gasteiger partial charge is 0.483 e. The summed E-state index contributed by atoms with van der Waals surface area (Å²) in [5, 5.41) is 6.89. The molecule has 68 valence electrons. The highest BCUT2D eigenvalue weighted by Gasteiger charge is 2.10. The van der Waals surface area contributed by atoms with Crippen molar-refractivity contribution in [3.8, 4) is 0 Å². The summed E-state index contributed by atoms with van der Waals surface area (Å²) in [7, 11) is 2.29. The average molecular weight is 162 g/mol. The fourth-order valence-electron chi connectivity index (χ4n) is 0.671. The van der Waals surface area contributed by atoms with Gasteiger partial charge in [0.25, 0.3) is 6.47 Å². The highest BCUT2D eigenvalue weighted by molar-refractivity contribution is 5.32. The summed E-state index contributed by atoms with van der Waals surface area (Å²) in [6.45, 7) is 10.2. The van der Waals surface area contributed by atoms with Gasteiger partial charge in [0.2, 0.25) is 0 Å². The molecule has 1 N–H and O–H groups in total. The Morgan fingerprint density at radius 1 is 1.18 bits per heavy atom. The predicted octanol–water partition coefficient (Wildman–Crippen LogP) is 1.19. The van der Waals surface area contributed by atoms with Crippen LogP contribution in [-0.4, -0.2) is 42.7 Å². The van der Waals surface area contributed by atoms with E-state index in [1.165, 1.54) is 24.1 Å². The Kier molecular flexibility index (Phi) is 8.94. The van der Waals surface area contributed by atoms with Crippen LogP contribution in [0.25, 0.3) is 0 Å². The summed E-state index contributed by atoms with van der Waals surface area (Å²) in [6.07, 6.45) is 0. The molecule has 0 unspecified atom stereocenters. The standard InChI is InChI=1S/C7H18N.CH2O2/c1-5-8(4,6-2)7-3;2-1-3/h5-7H2,1-4H3;1H,(H,2,3)/q+1;. The third-order valence-corrected chi connectivity index (χ3v) is 2.29. The first-order valence-corrected chi connectivity index (χ1v) is 4.01. The SMILES string of the molecule is CC[N+](C)(CC)CC.O=CO. The van der Waals surface area contributed by atoms with E-state index in [2.05, 4.69) is 27.8 Å². The van der Waals surface area contributed by atoms with Crippen LogP contribution >= 0.6 is 0 Å². The summed E-state index contributed by atoms with van der Waals surface area (Å²) < 4.78 is 1.21. The first-order valence-electron chi connectivity index (χ1n) is 4.01. The second-order valence-corrected chi connectivity index (χ2v) is 2.67. The molecule has 0 aromatic carbocycles. The van der Waals surface area contributed by atoms with Gasteiger partial charge in [0.15, 0.2) is 0 Å². The minimum Gasteiger partial charge on any atom is -0.483 e. The molecule has 0 saturated carbocycles. The molecule has 0 aliphatic heterocycles. The van der Waals surface area contributed by atoms with Crippen LogP contribution < -0.4 is 0 Å². The molecular formula is C8H20NO2+. The lowest BCUT2D eigenvalue weighted by Crippen LogP contribution is -2.42. The number of rotatable bonds is 3. The van der Waals surface area contributed by atoms with Crippen molar-refractivity contribution in [2.45, 2.75) is 20.8 Å². The molecule has 11 heavy (non-hydrogen) atoms. The van der Waals surface area contributed by atoms with E-state index in [4.69, 9.17) is 9.90 Å². The molecule has 0 saturated heterocycles. The van der Waals surface area contributed by atoms with E-state index >= 15 is 0 Å². The van der Waals surface area contributed by atoms with Crippen molar-refractivity contribution in [1.82, 2.24) is 0 Å². The molecule has 0 fully saturated rings. The zero-order valence-corrected chi connectivity index (χ0v) is 8.00. The Morgan fingerprint density at radius 3 is 1.36 bits per heavy atom. The van der Waals surface area contributed by atoms with Crippen molar-refractivity contribution in [1.29, 1.82) is 0 Å². The lowest BCUT2D eigenvalue weighted by atomic mass is 10.4. The highest BCUT2D eigenvalue weighted by Crippen LogP contribution is 1.97. The van der Waals surface area contributed by atoms with Crippen LogP contribution in [-0.2, 0) is 4.79 Å². The quantitative estimate of drug-likeness (QED) is 0.500. The fraction of sp³-hybridized carbons (Fsp3) is 0.875. The van der Waals surface area contributed by atoms with Gasteiger partial charge in [-0.15, -0.1) is 0 Å². The van der Waals surface area contributed by atoms with Gasteiger partial charge < -0.3 is 9.59 Å². The number of hydrogen-bond donors (Lipinski definition) is 1. The van der Waals surface area contributed by atoms with Gasteiger partial charge in [-0.3, -0.25) is 4.79 Å². The Morgan fingerprint density at radius 2 is 1.36 bits per heavy atom. The monoisotopic (exact) mass is 162 g/mol. The van der Waals surface area contributed by atoms with Gasteiger partial charge in [0, 0.05) is 0 Å². The minimum absolute atomic E-state index is 0.250. The maximum Gasteiger partial charge on any atom is 0.290 e. The predicted molar refractivity (Wildman–Crippen MR) is 46.5 cm³/mol. The molecule has 0 atom stereocenters. The van der Waals surface area contributed by atoms with E-state index in [0.717, 1.165) is 0 Å². The molecule has 0 spiro atoms. The van der Waals surface area contributed by atoms with Crippen LogP contribution in [0.1, 0.15) is 20.8 Å². The van der Waals surface area contributed by atoms with Gasteiger partial charge in [0.1, 0.15) is 0 Å². The van der Waals surface area contributed by atoms with Crippen LogP contribution in [0.5, 0.6) is 0 Å². The maximum atomic E-state index is 8.36. The Balaban J connectivity index is 0. The van der Waals surface area contributed by atoms with Crippen molar-refractivity contribution in [3.05, 3.63) is 0 Å². The smallest absolute Gasteiger partial charge is 0.290 e. The number of nitrogens with zero attached hydrogens (tertiary/aromatic N) is 1. The van der Waals surface area contributed by atoms with Crippen LogP contribution in [0, 0.1) is 0 Å². The van der Waals surface area contributed by atoms with Crippen LogP contribution in [0.3, 0.4) is 0 Å². The van der Waals surface area contributed by atoms with E-state index in [1.54, 1.807) is 0 Å². The van der Waals surface area contributed by atoms with Crippen molar-refractivity contribution in [2.75, 3.05) is 26.7 Å². The van der Waals surface area contributed by atoms with E-state index < -0.39 is 0 Å². The molecule has 0 bridgehead atoms. The molecule has 3 heteroatoms. The lowest BCUT2D eigenvalue weighted by molar-refractivity contribution is -0.904. The molecule has 0 heterocycles. The Hall–Kier alpha value is -0.570. The van der Waals surface area contributed by atoms with Crippen LogP contribution in [0.2, 0.25) is 0 Å². The molecule has 0 aliphatic carbocycles. The average Bonchev–Trinajstić information content (AvgIpc) is 2.05. The van der Waals surface area contributed by atoms with E-state index in [9.17, 15) is 0 Å².